The van der Waals surface area contributed by atoms with Crippen molar-refractivity contribution in [3.05, 3.63) is 77.0 Å². The third kappa shape index (κ3) is 5.29. The quantitative estimate of drug-likeness (QED) is 0.291. The van der Waals surface area contributed by atoms with Crippen molar-refractivity contribution in [2.75, 3.05) is 11.9 Å². The van der Waals surface area contributed by atoms with E-state index in [1.807, 2.05) is 30.3 Å². The minimum atomic E-state index is -1.06. The maximum Gasteiger partial charge on any atom is 0.341 e. The van der Waals surface area contributed by atoms with E-state index >= 15 is 0 Å². The molecule has 1 atom stereocenters. The minimum absolute atomic E-state index is 0.00532. The number of thiophene rings is 1. The van der Waals surface area contributed by atoms with Crippen LogP contribution in [0.15, 0.2) is 59.2 Å². The zero-order valence-electron chi connectivity index (χ0n) is 20.7. The number of hydrogen-bond donors (Lipinski definition) is 1. The van der Waals surface area contributed by atoms with E-state index in [1.165, 1.54) is 29.4 Å². The van der Waals surface area contributed by atoms with Gasteiger partial charge in [0.1, 0.15) is 10.6 Å². The van der Waals surface area contributed by atoms with Gasteiger partial charge in [-0.25, -0.2) is 4.79 Å². The van der Waals surface area contributed by atoms with Gasteiger partial charge in [0, 0.05) is 15.8 Å². The highest BCUT2D eigenvalue weighted by molar-refractivity contribution is 7.20. The van der Waals surface area contributed by atoms with Crippen LogP contribution in [0.2, 0.25) is 0 Å². The van der Waals surface area contributed by atoms with E-state index in [0.717, 1.165) is 46.2 Å². The van der Waals surface area contributed by atoms with E-state index in [9.17, 15) is 14.4 Å². The van der Waals surface area contributed by atoms with Gasteiger partial charge in [0.2, 0.25) is 0 Å². The van der Waals surface area contributed by atoms with Gasteiger partial charge in [-0.1, -0.05) is 30.3 Å². The fraction of sp³-hybridized carbons (Fsp3) is 0.276. The van der Waals surface area contributed by atoms with E-state index in [0.29, 0.717) is 5.00 Å². The van der Waals surface area contributed by atoms with Crippen LogP contribution in [-0.4, -0.2) is 30.6 Å². The summed E-state index contributed by atoms with van der Waals surface area (Å²) in [4.78, 5) is 38.9. The van der Waals surface area contributed by atoms with Gasteiger partial charge in [-0.3, -0.25) is 9.59 Å². The topological polar surface area (TPSA) is 94.8 Å². The molecule has 1 N–H and O–H groups in total. The molecule has 0 unspecified atom stereocenters. The van der Waals surface area contributed by atoms with E-state index in [1.54, 1.807) is 19.3 Å². The van der Waals surface area contributed by atoms with Crippen LogP contribution in [0.3, 0.4) is 0 Å². The van der Waals surface area contributed by atoms with Gasteiger partial charge in [-0.15, -0.1) is 11.3 Å². The van der Waals surface area contributed by atoms with Crippen LogP contribution in [0.1, 0.15) is 47.3 Å². The standard InChI is InChI=1S/C29H27NO6S/c1-3-34-29(33)23-15-25(18-8-5-4-6-9-18)37-28(23)30-27(32)17(2)36-26(31)14-21-16-35-24-13-20-11-7-10-19(20)12-22(21)24/h4-6,8-9,12-13,15-17H,3,7,10-11,14H2,1-2H3,(H,30,32)/t17-/m0/s1. The molecule has 1 aliphatic rings. The Hall–Kier alpha value is -3.91. The largest absolute Gasteiger partial charge is 0.464 e. The number of anilines is 1. The first kappa shape index (κ1) is 24.8. The molecule has 2 aromatic carbocycles. The molecule has 0 saturated carbocycles. The van der Waals surface area contributed by atoms with Gasteiger partial charge in [0.25, 0.3) is 5.91 Å². The number of carbonyl (C=O) groups is 3. The lowest BCUT2D eigenvalue weighted by atomic mass is 10.0. The zero-order chi connectivity index (χ0) is 25.9. The van der Waals surface area contributed by atoms with Crippen molar-refractivity contribution in [2.45, 2.75) is 45.6 Å². The molecule has 0 spiro atoms. The highest BCUT2D eigenvalue weighted by Crippen LogP contribution is 2.36. The Morgan fingerprint density at radius 1 is 1.08 bits per heavy atom. The summed E-state index contributed by atoms with van der Waals surface area (Å²) in [5, 5.41) is 4.00. The molecule has 1 amide bonds. The number of benzene rings is 2. The Morgan fingerprint density at radius 3 is 2.59 bits per heavy atom. The lowest BCUT2D eigenvalue weighted by Gasteiger charge is -2.13. The number of amides is 1. The van der Waals surface area contributed by atoms with Gasteiger partial charge in [-0.2, -0.15) is 0 Å². The average molecular weight is 518 g/mol. The molecule has 0 saturated heterocycles. The number of furan rings is 1. The van der Waals surface area contributed by atoms with Crippen molar-refractivity contribution >= 4 is 45.2 Å². The summed E-state index contributed by atoms with van der Waals surface area (Å²) in [7, 11) is 0. The molecule has 0 aliphatic heterocycles. The molecular weight excluding hydrogens is 490 g/mol. The van der Waals surface area contributed by atoms with Crippen LogP contribution in [0.25, 0.3) is 21.4 Å². The Labute approximate surface area is 218 Å². The van der Waals surface area contributed by atoms with E-state index in [2.05, 4.69) is 17.4 Å². The molecule has 0 radical (unpaired) electrons. The smallest absolute Gasteiger partial charge is 0.341 e. The zero-order valence-corrected chi connectivity index (χ0v) is 21.5. The summed E-state index contributed by atoms with van der Waals surface area (Å²) in [5.41, 5.74) is 5.25. The Kier molecular flexibility index (Phi) is 7.10. The van der Waals surface area contributed by atoms with E-state index < -0.39 is 23.9 Å². The first-order valence-corrected chi connectivity index (χ1v) is 13.1. The normalized spacial score (nSPS) is 13.2. The first-order chi connectivity index (χ1) is 17.9. The van der Waals surface area contributed by atoms with E-state index in [-0.39, 0.29) is 18.6 Å². The van der Waals surface area contributed by atoms with E-state index in [4.69, 9.17) is 13.9 Å². The maximum atomic E-state index is 12.9. The van der Waals surface area contributed by atoms with Crippen molar-refractivity contribution in [3.8, 4) is 10.4 Å². The predicted octanol–water partition coefficient (Wildman–Crippen LogP) is 5.94. The fourth-order valence-corrected chi connectivity index (χ4v) is 5.59. The Morgan fingerprint density at radius 2 is 1.84 bits per heavy atom. The van der Waals surface area contributed by atoms with Crippen LogP contribution in [0.5, 0.6) is 0 Å². The summed E-state index contributed by atoms with van der Waals surface area (Å²) in [6, 6.07) is 15.4. The second kappa shape index (κ2) is 10.6. The lowest BCUT2D eigenvalue weighted by Crippen LogP contribution is -2.30. The lowest BCUT2D eigenvalue weighted by molar-refractivity contribution is -0.152. The highest BCUT2D eigenvalue weighted by atomic mass is 32.1. The van der Waals surface area contributed by atoms with Gasteiger partial charge in [-0.05, 0) is 68.0 Å². The van der Waals surface area contributed by atoms with Crippen molar-refractivity contribution in [3.63, 3.8) is 0 Å². The number of fused-ring (bicyclic) bond motifs is 2. The van der Waals surface area contributed by atoms with Crippen LogP contribution in [0.4, 0.5) is 5.00 Å². The van der Waals surface area contributed by atoms with Crippen molar-refractivity contribution in [1.82, 2.24) is 0 Å². The number of carbonyl (C=O) groups excluding carboxylic acids is 3. The maximum absolute atomic E-state index is 12.9. The van der Waals surface area contributed by atoms with Crippen molar-refractivity contribution < 1.29 is 28.3 Å². The predicted molar refractivity (Wildman–Crippen MR) is 142 cm³/mol. The third-order valence-electron chi connectivity index (χ3n) is 6.40. The fourth-order valence-electron chi connectivity index (χ4n) is 4.54. The number of nitrogens with one attached hydrogen (secondary N) is 1. The minimum Gasteiger partial charge on any atom is -0.464 e. The van der Waals surface area contributed by atoms with Crippen LogP contribution < -0.4 is 5.32 Å². The molecule has 0 fully saturated rings. The molecule has 2 heterocycles. The molecule has 190 valence electrons. The molecule has 2 aromatic heterocycles. The van der Waals surface area contributed by atoms with Gasteiger partial charge >= 0.3 is 11.9 Å². The molecule has 4 aromatic rings. The number of esters is 2. The summed E-state index contributed by atoms with van der Waals surface area (Å²) < 4.78 is 16.3. The number of rotatable bonds is 8. The van der Waals surface area contributed by atoms with Gasteiger partial charge in [0.05, 0.1) is 24.9 Å². The van der Waals surface area contributed by atoms with Gasteiger partial charge < -0.3 is 19.2 Å². The monoisotopic (exact) mass is 517 g/mol. The number of ether oxygens (including phenoxy) is 2. The Bertz CT molecular complexity index is 1470. The summed E-state index contributed by atoms with van der Waals surface area (Å²) in [6.07, 6.45) is 3.71. The summed E-state index contributed by atoms with van der Waals surface area (Å²) in [6.45, 7) is 3.43. The van der Waals surface area contributed by atoms with Gasteiger partial charge in [0.15, 0.2) is 6.10 Å². The first-order valence-electron chi connectivity index (χ1n) is 12.3. The molecular formula is C29H27NO6S. The van der Waals surface area contributed by atoms with Crippen LogP contribution in [0, 0.1) is 0 Å². The van der Waals surface area contributed by atoms with Crippen LogP contribution in [-0.2, 0) is 38.3 Å². The molecule has 37 heavy (non-hydrogen) atoms. The SMILES string of the molecule is CCOC(=O)c1cc(-c2ccccc2)sc1NC(=O)[C@H](C)OC(=O)Cc1coc2cc3c(cc12)CCC3. The van der Waals surface area contributed by atoms with Crippen LogP contribution >= 0.6 is 11.3 Å². The summed E-state index contributed by atoms with van der Waals surface area (Å²) in [5.74, 6) is -1.60. The third-order valence-corrected chi connectivity index (χ3v) is 7.50. The molecule has 7 nitrogen and oxygen atoms in total. The molecule has 0 bridgehead atoms. The van der Waals surface area contributed by atoms with Crippen molar-refractivity contribution in [1.29, 1.82) is 0 Å². The second-order valence-electron chi connectivity index (χ2n) is 8.97. The average Bonchev–Trinajstić information content (AvgIpc) is 3.62. The highest BCUT2D eigenvalue weighted by Gasteiger charge is 2.25. The van der Waals surface area contributed by atoms with Crippen molar-refractivity contribution in [2.24, 2.45) is 0 Å². The molecule has 8 heteroatoms. The summed E-state index contributed by atoms with van der Waals surface area (Å²) >= 11 is 1.26. The molecule has 1 aliphatic carbocycles. The Balaban J connectivity index is 1.27. The molecule has 5 rings (SSSR count). The number of hydrogen-bond acceptors (Lipinski definition) is 7. The second-order valence-corrected chi connectivity index (χ2v) is 10.0. The number of aryl methyl sites for hydroxylation is 2.